The number of sulfonamides is 1. The molecule has 0 bridgehead atoms. The van der Waals surface area contributed by atoms with Crippen LogP contribution in [0.4, 0.5) is 0 Å². The summed E-state index contributed by atoms with van der Waals surface area (Å²) < 4.78 is 27.8. The molecule has 0 aromatic heterocycles. The molecule has 2 rings (SSSR count). The van der Waals surface area contributed by atoms with E-state index >= 15 is 0 Å². The molecule has 2 aromatic carbocycles. The molecule has 0 aliphatic carbocycles. The van der Waals surface area contributed by atoms with Crippen LogP contribution >= 0.6 is 0 Å². The van der Waals surface area contributed by atoms with Crippen molar-refractivity contribution in [3.05, 3.63) is 91.0 Å². The predicted molar refractivity (Wildman–Crippen MR) is 104 cm³/mol. The van der Waals surface area contributed by atoms with Crippen LogP contribution in [0.1, 0.15) is 23.6 Å². The number of aryl methyl sites for hydroxylation is 1. The van der Waals surface area contributed by atoms with Gasteiger partial charge in [0.2, 0.25) is 10.0 Å². The Morgan fingerprint density at radius 3 is 2.23 bits per heavy atom. The number of nitrogens with zero attached hydrogens (tertiary/aromatic N) is 1. The first-order chi connectivity index (χ1) is 12.4. The van der Waals surface area contributed by atoms with Gasteiger partial charge in [-0.25, -0.2) is 8.42 Å². The molecule has 0 spiro atoms. The van der Waals surface area contributed by atoms with Crippen molar-refractivity contribution in [1.29, 1.82) is 0 Å². The maximum absolute atomic E-state index is 13.3. The number of rotatable bonds is 9. The van der Waals surface area contributed by atoms with Crippen LogP contribution in [-0.4, -0.2) is 25.1 Å². The Bertz CT molecular complexity index is 871. The fourth-order valence-electron chi connectivity index (χ4n) is 2.68. The molecule has 4 nitrogen and oxygen atoms in total. The summed E-state index contributed by atoms with van der Waals surface area (Å²) in [5, 5.41) is 0. The van der Waals surface area contributed by atoms with Crippen molar-refractivity contribution in [2.24, 2.45) is 0 Å². The van der Waals surface area contributed by atoms with Crippen LogP contribution in [0, 0.1) is 6.92 Å². The maximum Gasteiger partial charge on any atom is 0.244 e. The van der Waals surface area contributed by atoms with E-state index in [9.17, 15) is 13.2 Å². The van der Waals surface area contributed by atoms with Crippen LogP contribution in [0.2, 0.25) is 0 Å². The Balaban J connectivity index is 2.56. The lowest BCUT2D eigenvalue weighted by Crippen LogP contribution is -2.38. The molecule has 0 aliphatic heterocycles. The van der Waals surface area contributed by atoms with E-state index in [1.54, 1.807) is 30.3 Å². The highest BCUT2D eigenvalue weighted by atomic mass is 32.2. The third-order valence-corrected chi connectivity index (χ3v) is 5.96. The molecule has 2 aromatic rings. The van der Waals surface area contributed by atoms with E-state index in [1.165, 1.54) is 4.31 Å². The number of carbonyl (C=O) groups is 1. The molecule has 0 saturated carbocycles. The average Bonchev–Trinajstić information content (AvgIpc) is 2.65. The summed E-state index contributed by atoms with van der Waals surface area (Å²) in [5.74, 6) is -0.356. The van der Waals surface area contributed by atoms with Crippen LogP contribution in [0.5, 0.6) is 0 Å². The molecule has 0 fully saturated rings. The summed E-state index contributed by atoms with van der Waals surface area (Å²) in [4.78, 5) is 12.2. The van der Waals surface area contributed by atoms with Gasteiger partial charge in [0.15, 0.2) is 5.78 Å². The first-order valence-corrected chi connectivity index (χ1v) is 9.73. The molecular formula is C21H23NO3S. The largest absolute Gasteiger partial charge is 0.293 e. The van der Waals surface area contributed by atoms with Crippen LogP contribution in [0.25, 0.3) is 0 Å². The summed E-state index contributed by atoms with van der Waals surface area (Å²) >= 11 is 0. The second-order valence-electron chi connectivity index (χ2n) is 5.98. The van der Waals surface area contributed by atoms with E-state index in [1.807, 2.05) is 37.3 Å². The highest BCUT2D eigenvalue weighted by molar-refractivity contribution is 7.89. The topological polar surface area (TPSA) is 54.5 Å². The summed E-state index contributed by atoms with van der Waals surface area (Å²) in [6.07, 6.45) is 3.20. The SMILES string of the molecule is C=CCC(c1ccccc1)N(CC(=O)C=C)S(=O)(=O)c1ccc(C)cc1. The zero-order chi connectivity index (χ0) is 19.2. The summed E-state index contributed by atoms with van der Waals surface area (Å²) in [6.45, 7) is 8.83. The van der Waals surface area contributed by atoms with Gasteiger partial charge in [-0.2, -0.15) is 4.31 Å². The van der Waals surface area contributed by atoms with E-state index < -0.39 is 16.1 Å². The van der Waals surface area contributed by atoms with Gasteiger partial charge in [-0.1, -0.05) is 60.7 Å². The zero-order valence-corrected chi connectivity index (χ0v) is 15.7. The number of hydrogen-bond acceptors (Lipinski definition) is 3. The van der Waals surface area contributed by atoms with Gasteiger partial charge in [0.25, 0.3) is 0 Å². The highest BCUT2D eigenvalue weighted by Crippen LogP contribution is 2.30. The van der Waals surface area contributed by atoms with Gasteiger partial charge in [0.05, 0.1) is 17.5 Å². The smallest absolute Gasteiger partial charge is 0.244 e. The van der Waals surface area contributed by atoms with Crippen molar-refractivity contribution < 1.29 is 13.2 Å². The minimum absolute atomic E-state index is 0.157. The molecule has 1 atom stereocenters. The van der Waals surface area contributed by atoms with Gasteiger partial charge in [-0.15, -0.1) is 6.58 Å². The Hall–Kier alpha value is -2.50. The molecule has 26 heavy (non-hydrogen) atoms. The van der Waals surface area contributed by atoms with Gasteiger partial charge in [-0.05, 0) is 37.1 Å². The van der Waals surface area contributed by atoms with Crippen LogP contribution < -0.4 is 0 Å². The lowest BCUT2D eigenvalue weighted by atomic mass is 10.0. The summed E-state index contributed by atoms with van der Waals surface area (Å²) in [7, 11) is -3.88. The predicted octanol–water partition coefficient (Wildman–Crippen LogP) is 4.06. The van der Waals surface area contributed by atoms with Gasteiger partial charge in [0.1, 0.15) is 0 Å². The fourth-order valence-corrected chi connectivity index (χ4v) is 4.27. The Morgan fingerprint density at radius 2 is 1.69 bits per heavy atom. The normalized spacial score (nSPS) is 12.5. The number of hydrogen-bond donors (Lipinski definition) is 0. The molecule has 0 aliphatic rings. The Kier molecular flexibility index (Phi) is 6.66. The van der Waals surface area contributed by atoms with E-state index in [2.05, 4.69) is 13.2 Å². The van der Waals surface area contributed by atoms with Gasteiger partial charge < -0.3 is 0 Å². The van der Waals surface area contributed by atoms with Crippen molar-refractivity contribution in [2.75, 3.05) is 6.54 Å². The number of carbonyl (C=O) groups excluding carboxylic acids is 1. The average molecular weight is 369 g/mol. The third-order valence-electron chi connectivity index (χ3n) is 4.09. The number of ketones is 1. The molecule has 0 amide bonds. The lowest BCUT2D eigenvalue weighted by molar-refractivity contribution is -0.115. The fraction of sp³-hybridized carbons (Fsp3) is 0.190. The van der Waals surface area contributed by atoms with Gasteiger partial charge in [-0.3, -0.25) is 4.79 Å². The second kappa shape index (κ2) is 8.74. The summed E-state index contributed by atoms with van der Waals surface area (Å²) in [6, 6.07) is 15.3. The van der Waals surface area contributed by atoms with E-state index in [-0.39, 0.29) is 17.2 Å². The van der Waals surface area contributed by atoms with Crippen molar-refractivity contribution in [1.82, 2.24) is 4.31 Å². The molecule has 0 N–H and O–H groups in total. The van der Waals surface area contributed by atoms with Gasteiger partial charge >= 0.3 is 0 Å². The molecule has 136 valence electrons. The molecular weight excluding hydrogens is 346 g/mol. The van der Waals surface area contributed by atoms with Crippen molar-refractivity contribution in [3.63, 3.8) is 0 Å². The van der Waals surface area contributed by atoms with Crippen LogP contribution in [0.15, 0.2) is 84.8 Å². The minimum atomic E-state index is -3.88. The van der Waals surface area contributed by atoms with Gasteiger partial charge in [0, 0.05) is 0 Å². The van der Waals surface area contributed by atoms with E-state index in [0.29, 0.717) is 6.42 Å². The van der Waals surface area contributed by atoms with E-state index in [0.717, 1.165) is 17.2 Å². The standard InChI is InChI=1S/C21H23NO3S/c1-4-9-21(18-10-7-6-8-11-18)22(16-19(23)5-2)26(24,25)20-14-12-17(3)13-15-20/h4-8,10-15,21H,1-2,9,16H2,3H3. The molecule has 0 radical (unpaired) electrons. The minimum Gasteiger partial charge on any atom is -0.293 e. The monoisotopic (exact) mass is 369 g/mol. The first kappa shape index (κ1) is 19.8. The molecule has 1 unspecified atom stereocenters. The van der Waals surface area contributed by atoms with Crippen molar-refractivity contribution in [3.8, 4) is 0 Å². The Morgan fingerprint density at radius 1 is 1.08 bits per heavy atom. The van der Waals surface area contributed by atoms with Crippen molar-refractivity contribution >= 4 is 15.8 Å². The Labute approximate surface area is 155 Å². The maximum atomic E-state index is 13.3. The summed E-state index contributed by atoms with van der Waals surface area (Å²) in [5.41, 5.74) is 1.77. The van der Waals surface area contributed by atoms with Crippen molar-refractivity contribution in [2.45, 2.75) is 24.3 Å². The molecule has 0 heterocycles. The highest BCUT2D eigenvalue weighted by Gasteiger charge is 2.33. The quantitative estimate of drug-likeness (QED) is 0.495. The second-order valence-corrected chi connectivity index (χ2v) is 7.88. The molecule has 5 heteroatoms. The lowest BCUT2D eigenvalue weighted by Gasteiger charge is -2.30. The third kappa shape index (κ3) is 4.56. The van der Waals surface area contributed by atoms with Crippen LogP contribution in [-0.2, 0) is 14.8 Å². The van der Waals surface area contributed by atoms with Crippen LogP contribution in [0.3, 0.4) is 0 Å². The number of benzene rings is 2. The zero-order valence-electron chi connectivity index (χ0n) is 14.8. The molecule has 0 saturated heterocycles. The first-order valence-electron chi connectivity index (χ1n) is 8.29. The van der Waals surface area contributed by atoms with E-state index in [4.69, 9.17) is 0 Å².